The molecule has 0 aromatic carbocycles. The maximum atomic E-state index is 11.2. The first-order chi connectivity index (χ1) is 7.07. The third-order valence-corrected chi connectivity index (χ3v) is 3.48. The van der Waals surface area contributed by atoms with Crippen LogP contribution in [0.15, 0.2) is 0 Å². The van der Waals surface area contributed by atoms with E-state index in [9.17, 15) is 4.79 Å². The van der Waals surface area contributed by atoms with Crippen molar-refractivity contribution in [3.8, 4) is 0 Å². The Balaban J connectivity index is 1.90. The molecule has 0 amide bonds. The fraction of sp³-hybridized carbons (Fsp3) is 0.917. The van der Waals surface area contributed by atoms with Crippen molar-refractivity contribution in [2.24, 2.45) is 0 Å². The quantitative estimate of drug-likeness (QED) is 0.660. The Hall–Kier alpha value is -0.410. The molecule has 86 valence electrons. The second kappa shape index (κ2) is 4.22. The van der Waals surface area contributed by atoms with Crippen molar-refractivity contribution in [2.75, 3.05) is 19.7 Å². The number of rotatable bonds is 1. The molecule has 0 spiro atoms. The molecule has 0 atom stereocenters. The van der Waals surface area contributed by atoms with Crippen LogP contribution in [0.3, 0.4) is 0 Å². The van der Waals surface area contributed by atoms with Gasteiger partial charge in [0.15, 0.2) is 0 Å². The molecule has 0 bridgehead atoms. The van der Waals surface area contributed by atoms with E-state index in [1.165, 1.54) is 0 Å². The third kappa shape index (κ3) is 2.79. The maximum Gasteiger partial charge on any atom is 0.133 e. The molecule has 3 nitrogen and oxygen atoms in total. The number of Topliss-reactive ketones (excluding diaryl/α,β-unsaturated/α-hetero) is 1. The Morgan fingerprint density at radius 2 is 2.00 bits per heavy atom. The summed E-state index contributed by atoms with van der Waals surface area (Å²) in [5, 5.41) is 0. The number of hydrogen-bond donors (Lipinski definition) is 0. The number of ether oxygens (including phenoxy) is 1. The fourth-order valence-corrected chi connectivity index (χ4v) is 2.65. The van der Waals surface area contributed by atoms with Crippen molar-refractivity contribution in [2.45, 2.75) is 51.2 Å². The minimum atomic E-state index is -0.0142. The van der Waals surface area contributed by atoms with Gasteiger partial charge in [0.2, 0.25) is 0 Å². The highest BCUT2D eigenvalue weighted by atomic mass is 16.5. The Morgan fingerprint density at radius 3 is 2.60 bits per heavy atom. The maximum absolute atomic E-state index is 11.2. The molecule has 3 heteroatoms. The molecular formula is C12H21NO2. The molecule has 2 fully saturated rings. The highest BCUT2D eigenvalue weighted by Crippen LogP contribution is 2.25. The lowest BCUT2D eigenvalue weighted by Gasteiger charge is -2.43. The summed E-state index contributed by atoms with van der Waals surface area (Å²) in [6, 6.07) is 0.617. The first-order valence-corrected chi connectivity index (χ1v) is 5.96. The summed E-state index contributed by atoms with van der Waals surface area (Å²) in [6.45, 7) is 7.16. The van der Waals surface area contributed by atoms with Crippen LogP contribution in [-0.2, 0) is 9.53 Å². The van der Waals surface area contributed by atoms with Crippen molar-refractivity contribution < 1.29 is 9.53 Å². The molecule has 1 heterocycles. The molecule has 1 aliphatic carbocycles. The molecule has 0 unspecified atom stereocenters. The molecule has 0 aromatic heterocycles. The van der Waals surface area contributed by atoms with Crippen molar-refractivity contribution >= 4 is 5.78 Å². The predicted octanol–water partition coefficient (Wildman–Crippen LogP) is 1.61. The molecule has 1 saturated heterocycles. The van der Waals surface area contributed by atoms with E-state index in [2.05, 4.69) is 18.7 Å². The molecular weight excluding hydrogens is 190 g/mol. The average molecular weight is 211 g/mol. The minimum Gasteiger partial charge on any atom is -0.373 e. The molecule has 0 aromatic rings. The van der Waals surface area contributed by atoms with E-state index in [-0.39, 0.29) is 5.60 Å². The lowest BCUT2D eigenvalue weighted by Crippen LogP contribution is -2.52. The van der Waals surface area contributed by atoms with Crippen LogP contribution in [0.2, 0.25) is 0 Å². The van der Waals surface area contributed by atoms with Gasteiger partial charge in [0.1, 0.15) is 5.78 Å². The minimum absolute atomic E-state index is 0.0142. The second-order valence-electron chi connectivity index (χ2n) is 5.35. The smallest absolute Gasteiger partial charge is 0.133 e. The Labute approximate surface area is 91.8 Å². The summed E-state index contributed by atoms with van der Waals surface area (Å²) >= 11 is 0. The van der Waals surface area contributed by atoms with E-state index in [1.807, 2.05) is 0 Å². The third-order valence-electron chi connectivity index (χ3n) is 3.48. The van der Waals surface area contributed by atoms with E-state index in [0.717, 1.165) is 45.4 Å². The summed E-state index contributed by atoms with van der Waals surface area (Å²) in [5.41, 5.74) is -0.0142. The van der Waals surface area contributed by atoms with Gasteiger partial charge in [0, 0.05) is 32.0 Å². The normalized spacial score (nSPS) is 29.3. The lowest BCUT2D eigenvalue weighted by molar-refractivity contribution is -0.124. The van der Waals surface area contributed by atoms with Gasteiger partial charge < -0.3 is 4.74 Å². The van der Waals surface area contributed by atoms with Crippen LogP contribution >= 0.6 is 0 Å². The van der Waals surface area contributed by atoms with Crippen molar-refractivity contribution in [3.63, 3.8) is 0 Å². The number of morpholine rings is 1. The summed E-state index contributed by atoms with van der Waals surface area (Å²) in [7, 11) is 0. The zero-order valence-electron chi connectivity index (χ0n) is 9.79. The van der Waals surface area contributed by atoms with Crippen LogP contribution in [0.5, 0.6) is 0 Å². The van der Waals surface area contributed by atoms with Crippen LogP contribution in [0, 0.1) is 0 Å². The van der Waals surface area contributed by atoms with Crippen LogP contribution < -0.4 is 0 Å². The van der Waals surface area contributed by atoms with Gasteiger partial charge in [-0.3, -0.25) is 9.69 Å². The van der Waals surface area contributed by atoms with Gasteiger partial charge in [-0.15, -0.1) is 0 Å². The van der Waals surface area contributed by atoms with Crippen molar-refractivity contribution in [3.05, 3.63) is 0 Å². The first-order valence-electron chi connectivity index (χ1n) is 5.96. The van der Waals surface area contributed by atoms with Crippen LogP contribution in [-0.4, -0.2) is 42.0 Å². The summed E-state index contributed by atoms with van der Waals surface area (Å²) in [4.78, 5) is 13.7. The topological polar surface area (TPSA) is 29.5 Å². The zero-order chi connectivity index (χ0) is 10.9. The van der Waals surface area contributed by atoms with Gasteiger partial charge >= 0.3 is 0 Å². The molecule has 1 saturated carbocycles. The lowest BCUT2D eigenvalue weighted by atomic mass is 9.92. The van der Waals surface area contributed by atoms with Gasteiger partial charge in [-0.2, -0.15) is 0 Å². The highest BCUT2D eigenvalue weighted by Gasteiger charge is 2.32. The zero-order valence-corrected chi connectivity index (χ0v) is 9.79. The monoisotopic (exact) mass is 211 g/mol. The van der Waals surface area contributed by atoms with E-state index in [1.54, 1.807) is 0 Å². The molecule has 0 N–H and O–H groups in total. The molecule has 15 heavy (non-hydrogen) atoms. The number of carbonyl (C=O) groups excluding carboxylic acids is 1. The number of carbonyl (C=O) groups is 1. The van der Waals surface area contributed by atoms with E-state index < -0.39 is 0 Å². The molecule has 0 radical (unpaired) electrons. The van der Waals surface area contributed by atoms with Gasteiger partial charge in [0.25, 0.3) is 0 Å². The van der Waals surface area contributed by atoms with Crippen molar-refractivity contribution in [1.29, 1.82) is 0 Å². The number of hydrogen-bond acceptors (Lipinski definition) is 3. The number of ketones is 1. The largest absolute Gasteiger partial charge is 0.373 e. The van der Waals surface area contributed by atoms with Gasteiger partial charge in [0.05, 0.1) is 12.2 Å². The molecule has 1 aliphatic heterocycles. The van der Waals surface area contributed by atoms with Crippen LogP contribution in [0.1, 0.15) is 39.5 Å². The van der Waals surface area contributed by atoms with Gasteiger partial charge in [-0.05, 0) is 26.7 Å². The standard InChI is InChI=1S/C12H21NO2/c1-12(2)9-13(7-8-15-12)10-3-5-11(14)6-4-10/h10H,3-9H2,1-2H3. The predicted molar refractivity (Wildman–Crippen MR) is 58.9 cm³/mol. The van der Waals surface area contributed by atoms with Crippen LogP contribution in [0.4, 0.5) is 0 Å². The Morgan fingerprint density at radius 1 is 1.33 bits per heavy atom. The summed E-state index contributed by atoms with van der Waals surface area (Å²) in [6.07, 6.45) is 3.66. The van der Waals surface area contributed by atoms with E-state index >= 15 is 0 Å². The van der Waals surface area contributed by atoms with Gasteiger partial charge in [-0.25, -0.2) is 0 Å². The SMILES string of the molecule is CC1(C)CN(C2CCC(=O)CC2)CCO1. The van der Waals surface area contributed by atoms with E-state index in [4.69, 9.17) is 4.74 Å². The molecule has 2 aliphatic rings. The van der Waals surface area contributed by atoms with E-state index in [0.29, 0.717) is 11.8 Å². The fourth-order valence-electron chi connectivity index (χ4n) is 2.65. The second-order valence-corrected chi connectivity index (χ2v) is 5.35. The van der Waals surface area contributed by atoms with Crippen LogP contribution in [0.25, 0.3) is 0 Å². The summed E-state index contributed by atoms with van der Waals surface area (Å²) < 4.78 is 5.70. The summed E-state index contributed by atoms with van der Waals surface area (Å²) in [5.74, 6) is 0.443. The van der Waals surface area contributed by atoms with Gasteiger partial charge in [-0.1, -0.05) is 0 Å². The number of nitrogens with zero attached hydrogens (tertiary/aromatic N) is 1. The Kier molecular flexibility index (Phi) is 3.12. The Bertz CT molecular complexity index is 240. The average Bonchev–Trinajstić information content (AvgIpc) is 2.17. The highest BCUT2D eigenvalue weighted by molar-refractivity contribution is 5.79. The molecule has 2 rings (SSSR count). The van der Waals surface area contributed by atoms with Crippen molar-refractivity contribution in [1.82, 2.24) is 4.90 Å². The first kappa shape index (κ1) is 11.1.